The number of hydrogen-bond acceptors (Lipinski definition) is 7. The molecule has 7 nitrogen and oxygen atoms in total. The van der Waals surface area contributed by atoms with Crippen molar-refractivity contribution in [2.75, 3.05) is 30.4 Å². The third-order valence-electron chi connectivity index (χ3n) is 7.04. The van der Waals surface area contributed by atoms with Crippen LogP contribution < -0.4 is 20.7 Å². The van der Waals surface area contributed by atoms with Crippen LogP contribution in [0.1, 0.15) is 29.8 Å². The first kappa shape index (κ1) is 19.9. The number of nitrogens with zero attached hydrogens (tertiary/aromatic N) is 4. The van der Waals surface area contributed by atoms with Gasteiger partial charge in [0.25, 0.3) is 0 Å². The number of aromatic nitrogens is 3. The molecule has 0 amide bonds. The summed E-state index contributed by atoms with van der Waals surface area (Å²) >= 11 is 0. The molecular weight excluding hydrogens is 419 g/mol. The van der Waals surface area contributed by atoms with Gasteiger partial charge in [0.15, 0.2) is 0 Å². The highest BCUT2D eigenvalue weighted by atomic mass is 19.1. The molecule has 0 unspecified atom stereocenters. The Labute approximate surface area is 191 Å². The van der Waals surface area contributed by atoms with Crippen LogP contribution in [0.4, 0.5) is 15.9 Å². The zero-order valence-electron chi connectivity index (χ0n) is 18.2. The number of rotatable bonds is 4. The van der Waals surface area contributed by atoms with Gasteiger partial charge in [-0.15, -0.1) is 6.42 Å². The topological polar surface area (TPSA) is 89.2 Å². The Hall–Kier alpha value is -3.70. The monoisotopic (exact) mass is 442 g/mol. The maximum absolute atomic E-state index is 14.5. The number of terminal acetylenes is 1. The van der Waals surface area contributed by atoms with Gasteiger partial charge in [0.1, 0.15) is 23.1 Å². The van der Waals surface area contributed by atoms with Gasteiger partial charge >= 0.3 is 6.01 Å². The highest BCUT2D eigenvalue weighted by Crippen LogP contribution is 2.54. The van der Waals surface area contributed by atoms with E-state index in [4.69, 9.17) is 26.9 Å². The van der Waals surface area contributed by atoms with Crippen molar-refractivity contribution in [3.63, 3.8) is 0 Å². The maximum atomic E-state index is 14.5. The summed E-state index contributed by atoms with van der Waals surface area (Å²) in [4.78, 5) is 15.9. The van der Waals surface area contributed by atoms with Crippen LogP contribution in [0.2, 0.25) is 0 Å². The van der Waals surface area contributed by atoms with Crippen molar-refractivity contribution < 1.29 is 9.13 Å². The Morgan fingerprint density at radius 3 is 2.82 bits per heavy atom. The molecular formula is C25H23FN6O. The molecule has 1 saturated carbocycles. The van der Waals surface area contributed by atoms with Crippen LogP contribution in [0.25, 0.3) is 11.1 Å². The van der Waals surface area contributed by atoms with Crippen molar-refractivity contribution in [3.8, 4) is 35.2 Å². The first-order valence-electron chi connectivity index (χ1n) is 11.0. The number of ether oxygens (including phenoxy) is 1. The van der Waals surface area contributed by atoms with Gasteiger partial charge in [-0.05, 0) is 48.2 Å². The van der Waals surface area contributed by atoms with Crippen LogP contribution in [0, 0.1) is 23.6 Å². The van der Waals surface area contributed by atoms with Gasteiger partial charge in [0.05, 0.1) is 11.9 Å². The summed E-state index contributed by atoms with van der Waals surface area (Å²) in [5.41, 5.74) is 11.4. The second kappa shape index (κ2) is 7.15. The first-order valence-corrected chi connectivity index (χ1v) is 11.0. The van der Waals surface area contributed by atoms with Crippen molar-refractivity contribution in [1.29, 1.82) is 0 Å². The predicted molar refractivity (Wildman–Crippen MR) is 124 cm³/mol. The third kappa shape index (κ3) is 3.19. The first-order chi connectivity index (χ1) is 16.0. The van der Waals surface area contributed by atoms with E-state index >= 15 is 0 Å². The lowest BCUT2D eigenvalue weighted by atomic mass is 10.0. The standard InChI is InChI=1S/C25H23FN6O/c1-3-15-4-5-16(11-29-15)33-24-30-20-10-17-18(8-14(26)9-19(17)28-2)22(20)23(31-24)32-12-21(27)25(13-32)6-7-25/h1,4-5,8-9,11,21,28H,6-7,10,12-13,27H2,2H3/t21-/m0/s1. The number of fused-ring (bicyclic) bond motifs is 3. The minimum absolute atomic E-state index is 0.0919. The Bertz CT molecular complexity index is 1310. The summed E-state index contributed by atoms with van der Waals surface area (Å²) in [7, 11) is 1.79. The van der Waals surface area contributed by atoms with E-state index in [0.29, 0.717) is 24.4 Å². The molecule has 33 heavy (non-hydrogen) atoms. The second-order valence-electron chi connectivity index (χ2n) is 9.03. The number of halogens is 1. The molecule has 3 aliphatic rings. The second-order valence-corrected chi connectivity index (χ2v) is 9.03. The average Bonchev–Trinajstić information content (AvgIpc) is 3.40. The van der Waals surface area contributed by atoms with Crippen LogP contribution >= 0.6 is 0 Å². The smallest absolute Gasteiger partial charge is 0.324 e. The lowest BCUT2D eigenvalue weighted by Crippen LogP contribution is -2.30. The van der Waals surface area contributed by atoms with Gasteiger partial charge in [-0.3, -0.25) is 0 Å². The van der Waals surface area contributed by atoms with Crippen LogP contribution in [-0.2, 0) is 6.42 Å². The fraction of sp³-hybridized carbons (Fsp3) is 0.320. The number of nitrogens with one attached hydrogen (secondary N) is 1. The van der Waals surface area contributed by atoms with Crippen LogP contribution in [0.3, 0.4) is 0 Å². The molecule has 1 aliphatic heterocycles. The van der Waals surface area contributed by atoms with E-state index in [1.54, 1.807) is 31.4 Å². The van der Waals surface area contributed by atoms with Crippen molar-refractivity contribution in [3.05, 3.63) is 53.2 Å². The van der Waals surface area contributed by atoms with Crippen molar-refractivity contribution >= 4 is 11.5 Å². The summed E-state index contributed by atoms with van der Waals surface area (Å²) in [6.07, 6.45) is 9.77. The lowest BCUT2D eigenvalue weighted by Gasteiger charge is -2.21. The van der Waals surface area contributed by atoms with Gasteiger partial charge in [0.2, 0.25) is 0 Å². The Morgan fingerprint density at radius 2 is 2.15 bits per heavy atom. The van der Waals surface area contributed by atoms with Crippen LogP contribution in [0.5, 0.6) is 11.8 Å². The molecule has 1 atom stereocenters. The van der Waals surface area contributed by atoms with Gasteiger partial charge < -0.3 is 20.7 Å². The number of nitrogens with two attached hydrogens (primary N) is 1. The van der Waals surface area contributed by atoms with Gasteiger partial charge in [-0.2, -0.15) is 9.97 Å². The molecule has 6 rings (SSSR count). The van der Waals surface area contributed by atoms with Crippen LogP contribution in [-0.4, -0.2) is 41.1 Å². The van der Waals surface area contributed by atoms with E-state index in [2.05, 4.69) is 21.1 Å². The molecule has 0 bridgehead atoms. The molecule has 0 radical (unpaired) electrons. The van der Waals surface area contributed by atoms with E-state index in [1.807, 2.05) is 0 Å². The Balaban J connectivity index is 1.46. The minimum Gasteiger partial charge on any atom is -0.423 e. The van der Waals surface area contributed by atoms with E-state index in [0.717, 1.165) is 53.3 Å². The van der Waals surface area contributed by atoms with Gasteiger partial charge in [-0.1, -0.05) is 5.92 Å². The molecule has 2 aliphatic carbocycles. The van der Waals surface area contributed by atoms with Crippen molar-refractivity contribution in [2.24, 2.45) is 11.1 Å². The number of hydrogen-bond donors (Lipinski definition) is 2. The summed E-state index contributed by atoms with van der Waals surface area (Å²) in [5, 5.41) is 3.11. The zero-order valence-corrected chi connectivity index (χ0v) is 18.2. The zero-order chi connectivity index (χ0) is 22.7. The fourth-order valence-electron chi connectivity index (χ4n) is 5.07. The maximum Gasteiger partial charge on any atom is 0.324 e. The minimum atomic E-state index is -0.298. The SMILES string of the molecule is C#Cc1ccc(Oc2nc3c(c(N4C[C@H](N)C5(CC5)C4)n2)-c2cc(F)cc(NC)c2C3)cn1. The summed E-state index contributed by atoms with van der Waals surface area (Å²) in [6.45, 7) is 1.53. The van der Waals surface area contributed by atoms with Crippen molar-refractivity contribution in [2.45, 2.75) is 25.3 Å². The summed E-state index contributed by atoms with van der Waals surface area (Å²) in [5.74, 6) is 3.43. The predicted octanol–water partition coefficient (Wildman–Crippen LogP) is 3.32. The number of anilines is 2. The van der Waals surface area contributed by atoms with Gasteiger partial charge in [-0.25, -0.2) is 9.37 Å². The Kier molecular flexibility index (Phi) is 4.32. The molecule has 166 valence electrons. The molecule has 1 spiro atoms. The molecule has 2 aromatic heterocycles. The van der Waals surface area contributed by atoms with Crippen molar-refractivity contribution in [1.82, 2.24) is 15.0 Å². The molecule has 1 saturated heterocycles. The molecule has 1 aromatic carbocycles. The molecule has 8 heteroatoms. The molecule has 3 heterocycles. The summed E-state index contributed by atoms with van der Waals surface area (Å²) < 4.78 is 20.5. The normalized spacial score (nSPS) is 19.2. The highest BCUT2D eigenvalue weighted by molar-refractivity contribution is 5.88. The molecule has 3 N–H and O–H groups in total. The summed E-state index contributed by atoms with van der Waals surface area (Å²) in [6, 6.07) is 6.85. The Morgan fingerprint density at radius 1 is 1.30 bits per heavy atom. The molecule has 2 fully saturated rings. The number of benzene rings is 1. The largest absolute Gasteiger partial charge is 0.423 e. The van der Waals surface area contributed by atoms with E-state index < -0.39 is 0 Å². The quantitative estimate of drug-likeness (QED) is 0.469. The third-order valence-corrected chi connectivity index (χ3v) is 7.04. The molecule has 3 aromatic rings. The fourth-order valence-corrected chi connectivity index (χ4v) is 5.07. The van der Waals surface area contributed by atoms with E-state index in [1.165, 1.54) is 6.07 Å². The average molecular weight is 442 g/mol. The lowest BCUT2D eigenvalue weighted by molar-refractivity contribution is 0.438. The van der Waals surface area contributed by atoms with Gasteiger partial charge in [0, 0.05) is 49.3 Å². The highest BCUT2D eigenvalue weighted by Gasteiger charge is 2.54. The van der Waals surface area contributed by atoms with Crippen LogP contribution in [0.15, 0.2) is 30.5 Å². The van der Waals surface area contributed by atoms with E-state index in [9.17, 15) is 4.39 Å². The van der Waals surface area contributed by atoms with E-state index in [-0.39, 0.29) is 23.3 Å². The number of pyridine rings is 1.